The third kappa shape index (κ3) is 4.85. The highest BCUT2D eigenvalue weighted by Crippen LogP contribution is 2.02. The largest absolute Gasteiger partial charge is 0.480 e. The van der Waals surface area contributed by atoms with Gasteiger partial charge in [-0.15, -0.1) is 0 Å². The van der Waals surface area contributed by atoms with Crippen LogP contribution >= 0.6 is 0 Å². The number of esters is 2. The Hall–Kier alpha value is -1.47. The molecule has 0 rings (SSSR count). The van der Waals surface area contributed by atoms with Gasteiger partial charge in [-0.25, -0.2) is 4.79 Å². The Morgan fingerprint density at radius 1 is 1.25 bits per heavy atom. The van der Waals surface area contributed by atoms with E-state index in [1.165, 1.54) is 0 Å². The third-order valence-corrected chi connectivity index (χ3v) is 1.91. The Kier molecular flexibility index (Phi) is 5.62. The van der Waals surface area contributed by atoms with Crippen LogP contribution in [0.25, 0.3) is 0 Å². The van der Waals surface area contributed by atoms with Crippen LogP contribution in [0.4, 0.5) is 0 Å². The van der Waals surface area contributed by atoms with Crippen LogP contribution in [0.2, 0.25) is 0 Å². The number of aliphatic carboxylic acids is 1. The third-order valence-electron chi connectivity index (χ3n) is 1.91. The summed E-state index contributed by atoms with van der Waals surface area (Å²) in [4.78, 5) is 32.6. The molecule has 92 valence electrons. The molecule has 0 saturated heterocycles. The van der Waals surface area contributed by atoms with Gasteiger partial charge in [0.2, 0.25) is 0 Å². The predicted molar refractivity (Wildman–Crippen MR) is 54.1 cm³/mol. The maximum Gasteiger partial charge on any atom is 0.330 e. The first-order valence-corrected chi connectivity index (χ1v) is 4.74. The van der Waals surface area contributed by atoms with Gasteiger partial charge < -0.3 is 21.3 Å². The molecule has 16 heavy (non-hydrogen) atoms. The van der Waals surface area contributed by atoms with Crippen LogP contribution in [0.3, 0.4) is 0 Å². The fraction of sp³-hybridized carbons (Fsp3) is 0.667. The van der Waals surface area contributed by atoms with Crippen LogP contribution in [0.5, 0.6) is 0 Å². The van der Waals surface area contributed by atoms with Crippen LogP contribution in [0, 0.1) is 5.92 Å². The highest BCUT2D eigenvalue weighted by molar-refractivity contribution is 5.90. The van der Waals surface area contributed by atoms with E-state index < -0.39 is 36.4 Å². The quantitative estimate of drug-likeness (QED) is 0.402. The van der Waals surface area contributed by atoms with Crippen LogP contribution in [0.15, 0.2) is 0 Å². The second-order valence-electron chi connectivity index (χ2n) is 3.71. The monoisotopic (exact) mass is 232 g/mol. The Morgan fingerprint density at radius 3 is 2.12 bits per heavy atom. The van der Waals surface area contributed by atoms with Gasteiger partial charge in [0.05, 0.1) is 6.42 Å². The highest BCUT2D eigenvalue weighted by Gasteiger charge is 2.24. The zero-order chi connectivity index (χ0) is 12.9. The molecule has 0 spiro atoms. The minimum absolute atomic E-state index is 0.173. The number of hydrogen-bond donors (Lipinski definition) is 3. The van der Waals surface area contributed by atoms with E-state index in [2.05, 4.69) is 4.74 Å². The van der Waals surface area contributed by atoms with Crippen LogP contribution in [-0.2, 0) is 19.1 Å². The summed E-state index contributed by atoms with van der Waals surface area (Å²) in [7, 11) is 0. The molecular weight excluding hydrogens is 216 g/mol. The van der Waals surface area contributed by atoms with E-state index in [-0.39, 0.29) is 5.92 Å². The zero-order valence-electron chi connectivity index (χ0n) is 9.17. The van der Waals surface area contributed by atoms with Crippen LogP contribution < -0.4 is 11.5 Å². The van der Waals surface area contributed by atoms with E-state index >= 15 is 0 Å². The molecule has 0 radical (unpaired) electrons. The minimum Gasteiger partial charge on any atom is -0.480 e. The first kappa shape index (κ1) is 14.5. The van der Waals surface area contributed by atoms with E-state index in [0.717, 1.165) is 0 Å². The Balaban J connectivity index is 4.16. The number of nitrogens with two attached hydrogens (primary N) is 2. The van der Waals surface area contributed by atoms with E-state index in [0.29, 0.717) is 0 Å². The predicted octanol–water partition coefficient (Wildman–Crippen LogP) is -1.16. The summed E-state index contributed by atoms with van der Waals surface area (Å²) in [6, 6.07) is -2.29. The fourth-order valence-corrected chi connectivity index (χ4v) is 0.761. The average molecular weight is 232 g/mol. The van der Waals surface area contributed by atoms with E-state index in [1.54, 1.807) is 13.8 Å². The Labute approximate surface area is 92.7 Å². The van der Waals surface area contributed by atoms with Crippen molar-refractivity contribution in [2.45, 2.75) is 32.4 Å². The molecule has 7 heteroatoms. The second kappa shape index (κ2) is 6.19. The molecule has 7 nitrogen and oxygen atoms in total. The lowest BCUT2D eigenvalue weighted by molar-refractivity contribution is -0.162. The number of carbonyl (C=O) groups is 3. The first-order valence-electron chi connectivity index (χ1n) is 4.74. The standard InChI is InChI=1S/C9H16N2O5/c1-4(2)7(11)9(15)16-6(12)3-5(10)8(13)14/h4-5,7H,3,10-11H2,1-2H3,(H,13,14)/t5-,7-/m0/s1. The molecule has 5 N–H and O–H groups in total. The molecule has 0 fully saturated rings. The van der Waals surface area contributed by atoms with Crippen LogP contribution in [-0.4, -0.2) is 35.1 Å². The van der Waals surface area contributed by atoms with Crippen molar-refractivity contribution in [3.63, 3.8) is 0 Å². The molecule has 0 aromatic heterocycles. The zero-order valence-corrected chi connectivity index (χ0v) is 9.17. The fourth-order valence-electron chi connectivity index (χ4n) is 0.761. The van der Waals surface area contributed by atoms with Gasteiger partial charge in [-0.3, -0.25) is 9.59 Å². The van der Waals surface area contributed by atoms with Crippen molar-refractivity contribution in [1.82, 2.24) is 0 Å². The van der Waals surface area contributed by atoms with Crippen molar-refractivity contribution < 1.29 is 24.2 Å². The smallest absolute Gasteiger partial charge is 0.330 e. The van der Waals surface area contributed by atoms with E-state index in [1.807, 2.05) is 0 Å². The summed E-state index contributed by atoms with van der Waals surface area (Å²) in [6.07, 6.45) is -0.564. The van der Waals surface area contributed by atoms with Gasteiger partial charge in [0.25, 0.3) is 0 Å². The SMILES string of the molecule is CC(C)[C@H](N)C(=O)OC(=O)C[C@H](N)C(=O)O. The van der Waals surface area contributed by atoms with Crippen molar-refractivity contribution in [2.75, 3.05) is 0 Å². The highest BCUT2D eigenvalue weighted by atomic mass is 16.6. The normalized spacial score (nSPS) is 14.3. The molecule has 0 unspecified atom stereocenters. The number of carboxylic acids is 1. The Bertz CT molecular complexity index is 290. The second-order valence-corrected chi connectivity index (χ2v) is 3.71. The molecule has 0 aromatic carbocycles. The van der Waals surface area contributed by atoms with E-state index in [4.69, 9.17) is 16.6 Å². The first-order chi connectivity index (χ1) is 7.25. The lowest BCUT2D eigenvalue weighted by Gasteiger charge is -2.13. The summed E-state index contributed by atoms with van der Waals surface area (Å²) in [5.74, 6) is -3.38. The van der Waals surface area contributed by atoms with E-state index in [9.17, 15) is 14.4 Å². The molecule has 0 saturated carbocycles. The minimum atomic E-state index is -1.38. The molecule has 0 aliphatic rings. The summed E-state index contributed by atoms with van der Waals surface area (Å²) < 4.78 is 4.35. The molecule has 0 aliphatic heterocycles. The van der Waals surface area contributed by atoms with Gasteiger partial charge in [0.1, 0.15) is 12.1 Å². The summed E-state index contributed by atoms with van der Waals surface area (Å²) in [5.41, 5.74) is 10.5. The van der Waals surface area contributed by atoms with Crippen molar-refractivity contribution in [2.24, 2.45) is 17.4 Å². The van der Waals surface area contributed by atoms with Crippen molar-refractivity contribution in [3.8, 4) is 0 Å². The number of carboxylic acid groups (broad SMARTS) is 1. The van der Waals surface area contributed by atoms with Crippen molar-refractivity contribution in [1.29, 1.82) is 0 Å². The lowest BCUT2D eigenvalue weighted by Crippen LogP contribution is -2.40. The summed E-state index contributed by atoms with van der Waals surface area (Å²) in [6.45, 7) is 3.39. The maximum atomic E-state index is 11.2. The molecule has 0 bridgehead atoms. The number of ether oxygens (including phenoxy) is 1. The molecule has 0 amide bonds. The van der Waals surface area contributed by atoms with Gasteiger partial charge in [-0.2, -0.15) is 0 Å². The number of hydrogen-bond acceptors (Lipinski definition) is 6. The molecule has 0 aromatic rings. The molecular formula is C9H16N2O5. The molecule has 0 aliphatic carbocycles. The maximum absolute atomic E-state index is 11.2. The van der Waals surface area contributed by atoms with Gasteiger partial charge in [-0.1, -0.05) is 13.8 Å². The number of rotatable bonds is 5. The molecule has 0 heterocycles. The van der Waals surface area contributed by atoms with Gasteiger partial charge in [0, 0.05) is 0 Å². The number of carbonyl (C=O) groups excluding carboxylic acids is 2. The van der Waals surface area contributed by atoms with Crippen molar-refractivity contribution in [3.05, 3.63) is 0 Å². The lowest BCUT2D eigenvalue weighted by atomic mass is 10.1. The van der Waals surface area contributed by atoms with Gasteiger partial charge in [0.15, 0.2) is 0 Å². The van der Waals surface area contributed by atoms with Crippen molar-refractivity contribution >= 4 is 17.9 Å². The topological polar surface area (TPSA) is 133 Å². The summed E-state index contributed by atoms with van der Waals surface area (Å²) in [5, 5.41) is 8.42. The van der Waals surface area contributed by atoms with Gasteiger partial charge in [-0.05, 0) is 5.92 Å². The molecule has 2 atom stereocenters. The Morgan fingerprint density at radius 2 is 1.75 bits per heavy atom. The van der Waals surface area contributed by atoms with Crippen LogP contribution in [0.1, 0.15) is 20.3 Å². The average Bonchev–Trinajstić information content (AvgIpc) is 2.15. The van der Waals surface area contributed by atoms with Gasteiger partial charge >= 0.3 is 17.9 Å². The summed E-state index contributed by atoms with van der Waals surface area (Å²) >= 11 is 0.